The minimum absolute atomic E-state index is 0.612. The van der Waals surface area contributed by atoms with E-state index in [1.54, 1.807) is 0 Å². The second-order valence-electron chi connectivity index (χ2n) is 1.41. The smallest absolute Gasteiger partial charge is 0.361 e. The van der Waals surface area contributed by atoms with E-state index in [4.69, 9.17) is 16.0 Å². The third-order valence-corrected chi connectivity index (χ3v) is 0.736. The van der Waals surface area contributed by atoms with Gasteiger partial charge in [0.2, 0.25) is 5.71 Å². The van der Waals surface area contributed by atoms with Crippen LogP contribution in [0.3, 0.4) is 0 Å². The van der Waals surface area contributed by atoms with Gasteiger partial charge in [0.15, 0.2) is 5.84 Å². The van der Waals surface area contributed by atoms with Crippen LogP contribution in [-0.2, 0) is 9.63 Å². The maximum absolute atomic E-state index is 10.2. The van der Waals surface area contributed by atoms with Crippen molar-refractivity contribution < 1.29 is 19.9 Å². The number of carboxylic acid groups (broad SMARTS) is 1. The minimum atomic E-state index is -1.43. The van der Waals surface area contributed by atoms with Crippen LogP contribution < -0.4 is 5.73 Å². The molecular formula is C4H7N3O4. The van der Waals surface area contributed by atoms with Crippen molar-refractivity contribution in [3.05, 3.63) is 0 Å². The molecule has 0 aliphatic carbocycles. The number of hydrogen-bond acceptors (Lipinski definition) is 5. The predicted molar refractivity (Wildman–Crippen MR) is 35.5 cm³/mol. The Morgan fingerprint density at radius 1 is 1.64 bits per heavy atom. The summed E-state index contributed by atoms with van der Waals surface area (Å²) in [5.41, 5.74) is 4.27. The summed E-state index contributed by atoms with van der Waals surface area (Å²) in [6, 6.07) is 0. The first-order valence-electron chi connectivity index (χ1n) is 2.45. The number of nitrogens with two attached hydrogens (primary N) is 1. The van der Waals surface area contributed by atoms with Gasteiger partial charge in [-0.2, -0.15) is 0 Å². The summed E-state index contributed by atoms with van der Waals surface area (Å²) in [4.78, 5) is 14.3. The molecule has 7 heteroatoms. The summed E-state index contributed by atoms with van der Waals surface area (Å²) in [7, 11) is 1.15. The van der Waals surface area contributed by atoms with E-state index in [0.717, 1.165) is 7.11 Å². The number of hydrogen-bond donors (Lipinski definition) is 3. The summed E-state index contributed by atoms with van der Waals surface area (Å²) in [5, 5.41) is 21.8. The van der Waals surface area contributed by atoms with Crippen LogP contribution in [0.2, 0.25) is 0 Å². The first-order valence-corrected chi connectivity index (χ1v) is 2.45. The highest BCUT2D eigenvalue weighted by Crippen LogP contribution is 1.81. The van der Waals surface area contributed by atoms with Crippen LogP contribution in [0.25, 0.3) is 0 Å². The van der Waals surface area contributed by atoms with Crippen LogP contribution in [0.15, 0.2) is 10.3 Å². The Kier molecular flexibility index (Phi) is 3.43. The molecule has 0 aliphatic heterocycles. The van der Waals surface area contributed by atoms with E-state index in [1.807, 2.05) is 0 Å². The predicted octanol–water partition coefficient (Wildman–Crippen LogP) is -1.18. The molecule has 62 valence electrons. The summed E-state index contributed by atoms with van der Waals surface area (Å²) in [6.07, 6.45) is 0. The number of carboxylic acids is 1. The molecule has 0 radical (unpaired) electrons. The minimum Gasteiger partial charge on any atom is -0.476 e. The second kappa shape index (κ2) is 4.09. The van der Waals surface area contributed by atoms with Gasteiger partial charge in [0.25, 0.3) is 0 Å². The van der Waals surface area contributed by atoms with Gasteiger partial charge in [-0.3, -0.25) is 0 Å². The zero-order valence-electron chi connectivity index (χ0n) is 5.68. The fraction of sp³-hybridized carbons (Fsp3) is 0.250. The molecule has 0 aliphatic rings. The van der Waals surface area contributed by atoms with Crippen LogP contribution in [0.1, 0.15) is 0 Å². The summed E-state index contributed by atoms with van der Waals surface area (Å²) in [5.74, 6) is -2.04. The Labute approximate surface area is 61.7 Å². The zero-order valence-corrected chi connectivity index (χ0v) is 5.68. The third-order valence-electron chi connectivity index (χ3n) is 0.736. The summed E-state index contributed by atoms with van der Waals surface area (Å²) < 4.78 is 0. The molecule has 0 atom stereocenters. The van der Waals surface area contributed by atoms with Crippen LogP contribution in [0.4, 0.5) is 0 Å². The van der Waals surface area contributed by atoms with E-state index >= 15 is 0 Å². The molecule has 0 fully saturated rings. The fourth-order valence-electron chi connectivity index (χ4n) is 0.334. The number of amidine groups is 1. The molecule has 0 aromatic rings. The molecule has 0 spiro atoms. The van der Waals surface area contributed by atoms with Crippen molar-refractivity contribution in [2.75, 3.05) is 7.11 Å². The van der Waals surface area contributed by atoms with E-state index in [9.17, 15) is 4.79 Å². The van der Waals surface area contributed by atoms with Crippen molar-refractivity contribution in [2.45, 2.75) is 0 Å². The van der Waals surface area contributed by atoms with Crippen LogP contribution >= 0.6 is 0 Å². The molecule has 0 amide bonds. The molecule has 0 heterocycles. The molecule has 0 saturated heterocycles. The standard InChI is InChI=1S/C4H7N3O4/c1-11-7-2(4(8)9)3(5)6-10/h10H,1H3,(H2,5,6)(H,8,9). The van der Waals surface area contributed by atoms with E-state index < -0.39 is 17.5 Å². The first-order chi connectivity index (χ1) is 5.13. The Morgan fingerprint density at radius 3 is 2.45 bits per heavy atom. The van der Waals surface area contributed by atoms with Crippen LogP contribution in [0.5, 0.6) is 0 Å². The van der Waals surface area contributed by atoms with Gasteiger partial charge in [0, 0.05) is 0 Å². The number of nitrogens with zero attached hydrogens (tertiary/aromatic N) is 2. The van der Waals surface area contributed by atoms with Gasteiger partial charge < -0.3 is 20.9 Å². The molecule has 0 aromatic heterocycles. The SMILES string of the molecule is CON=C(C(=O)O)/C(N)=N/O. The van der Waals surface area contributed by atoms with Crippen LogP contribution in [-0.4, -0.2) is 34.9 Å². The highest BCUT2D eigenvalue weighted by atomic mass is 16.6. The lowest BCUT2D eigenvalue weighted by atomic mass is 10.3. The largest absolute Gasteiger partial charge is 0.476 e. The number of aliphatic carboxylic acids is 1. The number of carbonyl (C=O) groups is 1. The summed E-state index contributed by atoms with van der Waals surface area (Å²) in [6.45, 7) is 0. The van der Waals surface area contributed by atoms with E-state index in [1.165, 1.54) is 0 Å². The van der Waals surface area contributed by atoms with Gasteiger partial charge in [-0.25, -0.2) is 4.79 Å². The zero-order chi connectivity index (χ0) is 8.85. The number of oxime groups is 2. The topological polar surface area (TPSA) is 118 Å². The molecule has 4 N–H and O–H groups in total. The fourth-order valence-corrected chi connectivity index (χ4v) is 0.334. The van der Waals surface area contributed by atoms with Gasteiger partial charge in [-0.1, -0.05) is 10.3 Å². The van der Waals surface area contributed by atoms with Crippen molar-refractivity contribution in [1.82, 2.24) is 0 Å². The van der Waals surface area contributed by atoms with Crippen molar-refractivity contribution >= 4 is 17.5 Å². The van der Waals surface area contributed by atoms with Gasteiger partial charge in [0.05, 0.1) is 0 Å². The monoisotopic (exact) mass is 161 g/mol. The molecule has 0 unspecified atom stereocenters. The van der Waals surface area contributed by atoms with Crippen molar-refractivity contribution in [3.8, 4) is 0 Å². The highest BCUT2D eigenvalue weighted by Gasteiger charge is 2.15. The lowest BCUT2D eigenvalue weighted by Gasteiger charge is -1.95. The second-order valence-corrected chi connectivity index (χ2v) is 1.41. The van der Waals surface area contributed by atoms with Crippen molar-refractivity contribution in [1.29, 1.82) is 0 Å². The van der Waals surface area contributed by atoms with Gasteiger partial charge >= 0.3 is 5.97 Å². The van der Waals surface area contributed by atoms with E-state index in [-0.39, 0.29) is 0 Å². The average molecular weight is 161 g/mol. The Balaban J connectivity index is 4.62. The highest BCUT2D eigenvalue weighted by molar-refractivity contribution is 6.64. The lowest BCUT2D eigenvalue weighted by Crippen LogP contribution is -2.31. The van der Waals surface area contributed by atoms with Crippen molar-refractivity contribution in [2.24, 2.45) is 16.0 Å². The number of rotatable bonds is 3. The molecule has 0 saturated carbocycles. The van der Waals surface area contributed by atoms with Crippen molar-refractivity contribution in [3.63, 3.8) is 0 Å². The Bertz CT molecular complexity index is 209. The van der Waals surface area contributed by atoms with Gasteiger partial charge in [-0.15, -0.1) is 0 Å². The quantitative estimate of drug-likeness (QED) is 0.208. The van der Waals surface area contributed by atoms with E-state index in [0.29, 0.717) is 0 Å². The normalized spacial score (nSPS) is 12.8. The molecular weight excluding hydrogens is 154 g/mol. The lowest BCUT2D eigenvalue weighted by molar-refractivity contribution is -0.129. The Morgan fingerprint density at radius 2 is 2.18 bits per heavy atom. The molecule has 0 bridgehead atoms. The molecule has 7 nitrogen and oxygen atoms in total. The maximum atomic E-state index is 10.2. The van der Waals surface area contributed by atoms with Gasteiger partial charge in [-0.05, 0) is 0 Å². The first kappa shape index (κ1) is 9.21. The Hall–Kier alpha value is -1.79. The molecule has 11 heavy (non-hydrogen) atoms. The average Bonchev–Trinajstić information content (AvgIpc) is 1.98. The maximum Gasteiger partial charge on any atom is 0.361 e. The van der Waals surface area contributed by atoms with Crippen LogP contribution in [0, 0.1) is 0 Å². The summed E-state index contributed by atoms with van der Waals surface area (Å²) >= 11 is 0. The van der Waals surface area contributed by atoms with E-state index in [2.05, 4.69) is 15.1 Å². The third kappa shape index (κ3) is 2.52. The van der Waals surface area contributed by atoms with Gasteiger partial charge in [0.1, 0.15) is 7.11 Å². The molecule has 0 aromatic carbocycles. The molecule has 0 rings (SSSR count).